The van der Waals surface area contributed by atoms with Gasteiger partial charge >= 0.3 is 0 Å². The summed E-state index contributed by atoms with van der Waals surface area (Å²) < 4.78 is 5.90. The molecule has 1 N–H and O–H groups in total. The maximum absolute atomic E-state index is 9.01. The maximum atomic E-state index is 9.01. The summed E-state index contributed by atoms with van der Waals surface area (Å²) in [7, 11) is 1.83. The van der Waals surface area contributed by atoms with Crippen LogP contribution in [0.4, 0.5) is 0 Å². The van der Waals surface area contributed by atoms with Crippen LogP contribution >= 0.6 is 0 Å². The molecule has 1 aliphatic carbocycles. The van der Waals surface area contributed by atoms with Gasteiger partial charge in [-0.15, -0.1) is 0 Å². The van der Waals surface area contributed by atoms with E-state index in [1.165, 1.54) is 25.7 Å². The Morgan fingerprint density at radius 3 is 2.69 bits per heavy atom. The Balaban J connectivity index is 2.27. The van der Waals surface area contributed by atoms with Crippen molar-refractivity contribution in [3.05, 3.63) is 0 Å². The summed E-state index contributed by atoms with van der Waals surface area (Å²) in [6.07, 6.45) is 6.26. The minimum atomic E-state index is -0.447. The third kappa shape index (κ3) is 3.77. The van der Waals surface area contributed by atoms with E-state index in [1.807, 2.05) is 14.0 Å². The Bertz CT molecular complexity index is 249. The van der Waals surface area contributed by atoms with Crippen molar-refractivity contribution in [3.8, 4) is 6.07 Å². The average molecular weight is 224 g/mol. The fourth-order valence-corrected chi connectivity index (χ4v) is 2.18. The second-order valence-corrected chi connectivity index (χ2v) is 5.11. The highest BCUT2D eigenvalue weighted by atomic mass is 16.5. The topological polar surface area (TPSA) is 45.0 Å². The molecule has 0 saturated heterocycles. The second-order valence-electron chi connectivity index (χ2n) is 5.11. The summed E-state index contributed by atoms with van der Waals surface area (Å²) in [5, 5.41) is 12.0. The number of hydrogen-bond donors (Lipinski definition) is 1. The fourth-order valence-electron chi connectivity index (χ4n) is 2.18. The van der Waals surface area contributed by atoms with Crippen LogP contribution in [0.1, 0.15) is 46.0 Å². The van der Waals surface area contributed by atoms with Gasteiger partial charge in [-0.05, 0) is 32.7 Å². The Hall–Kier alpha value is -0.590. The van der Waals surface area contributed by atoms with Gasteiger partial charge in [0.1, 0.15) is 5.54 Å². The molecule has 0 amide bonds. The smallest absolute Gasteiger partial charge is 0.105 e. The predicted octanol–water partition coefficient (Wildman–Crippen LogP) is 2.47. The van der Waals surface area contributed by atoms with Crippen LogP contribution in [0.5, 0.6) is 0 Å². The molecule has 3 nitrogen and oxygen atoms in total. The number of rotatable bonds is 5. The minimum absolute atomic E-state index is 0.411. The van der Waals surface area contributed by atoms with Gasteiger partial charge in [0.15, 0.2) is 0 Å². The van der Waals surface area contributed by atoms with Gasteiger partial charge in [0.25, 0.3) is 0 Å². The first-order valence-corrected chi connectivity index (χ1v) is 6.33. The monoisotopic (exact) mass is 224 g/mol. The van der Waals surface area contributed by atoms with Gasteiger partial charge in [0.2, 0.25) is 0 Å². The first kappa shape index (κ1) is 13.5. The summed E-state index contributed by atoms with van der Waals surface area (Å²) >= 11 is 0. The molecule has 92 valence electrons. The van der Waals surface area contributed by atoms with Gasteiger partial charge in [-0.25, -0.2) is 0 Å². The zero-order valence-corrected chi connectivity index (χ0v) is 10.8. The van der Waals surface area contributed by atoms with Crippen LogP contribution < -0.4 is 5.32 Å². The molecule has 0 aromatic rings. The lowest BCUT2D eigenvalue weighted by atomic mass is 9.88. The second kappa shape index (κ2) is 6.22. The van der Waals surface area contributed by atoms with Crippen molar-refractivity contribution < 1.29 is 4.74 Å². The molecule has 1 aliphatic rings. The lowest BCUT2D eigenvalue weighted by Crippen LogP contribution is -2.40. The molecule has 0 heterocycles. The summed E-state index contributed by atoms with van der Waals surface area (Å²) in [5.74, 6) is 0.677. The molecule has 0 radical (unpaired) electrons. The molecule has 0 aliphatic heterocycles. The first-order chi connectivity index (χ1) is 7.61. The van der Waals surface area contributed by atoms with Crippen LogP contribution in [0.3, 0.4) is 0 Å². The molecule has 0 bridgehead atoms. The summed E-state index contributed by atoms with van der Waals surface area (Å²) in [6.45, 7) is 4.87. The fraction of sp³-hybridized carbons (Fsp3) is 0.923. The Morgan fingerprint density at radius 2 is 2.12 bits per heavy atom. The number of nitrogens with one attached hydrogen (secondary N) is 1. The SMILES string of the molecule is CNC(C)(C#N)CCOC1CCCCC1C. The van der Waals surface area contributed by atoms with E-state index < -0.39 is 5.54 Å². The van der Waals surface area contributed by atoms with Gasteiger partial charge in [0, 0.05) is 13.0 Å². The predicted molar refractivity (Wildman–Crippen MR) is 65.1 cm³/mol. The van der Waals surface area contributed by atoms with Crippen LogP contribution in [-0.4, -0.2) is 25.3 Å². The molecule has 3 unspecified atom stereocenters. The molecular weight excluding hydrogens is 200 g/mol. The third-order valence-electron chi connectivity index (χ3n) is 3.77. The largest absolute Gasteiger partial charge is 0.378 e. The molecule has 16 heavy (non-hydrogen) atoms. The van der Waals surface area contributed by atoms with Crippen molar-refractivity contribution in [1.29, 1.82) is 5.26 Å². The van der Waals surface area contributed by atoms with Crippen molar-refractivity contribution in [2.75, 3.05) is 13.7 Å². The van der Waals surface area contributed by atoms with Crippen LogP contribution in [0.2, 0.25) is 0 Å². The van der Waals surface area contributed by atoms with Crippen LogP contribution in [0.15, 0.2) is 0 Å². The summed E-state index contributed by atoms with van der Waals surface area (Å²) in [5.41, 5.74) is -0.447. The highest BCUT2D eigenvalue weighted by Crippen LogP contribution is 2.26. The van der Waals surface area contributed by atoms with Gasteiger partial charge in [0.05, 0.1) is 12.2 Å². The highest BCUT2D eigenvalue weighted by molar-refractivity contribution is 5.02. The number of nitriles is 1. The van der Waals surface area contributed by atoms with Crippen molar-refractivity contribution in [1.82, 2.24) is 5.32 Å². The van der Waals surface area contributed by atoms with Crippen molar-refractivity contribution in [2.45, 2.75) is 57.6 Å². The van der Waals surface area contributed by atoms with E-state index in [0.29, 0.717) is 18.6 Å². The van der Waals surface area contributed by atoms with E-state index in [-0.39, 0.29) is 0 Å². The van der Waals surface area contributed by atoms with Gasteiger partial charge in [-0.2, -0.15) is 5.26 Å². The number of ether oxygens (including phenoxy) is 1. The van der Waals surface area contributed by atoms with Crippen LogP contribution in [0.25, 0.3) is 0 Å². The summed E-state index contributed by atoms with van der Waals surface area (Å²) in [4.78, 5) is 0. The van der Waals surface area contributed by atoms with Gasteiger partial charge in [-0.1, -0.05) is 19.8 Å². The first-order valence-electron chi connectivity index (χ1n) is 6.33. The molecule has 0 aromatic heterocycles. The quantitative estimate of drug-likeness (QED) is 0.780. The zero-order chi connectivity index (χ0) is 12.0. The number of nitrogens with zero attached hydrogens (tertiary/aromatic N) is 1. The Morgan fingerprint density at radius 1 is 1.44 bits per heavy atom. The molecular formula is C13H24N2O. The van der Waals surface area contributed by atoms with E-state index in [4.69, 9.17) is 10.00 Å². The van der Waals surface area contributed by atoms with Crippen LogP contribution in [0, 0.1) is 17.2 Å². The molecule has 3 heteroatoms. The van der Waals surface area contributed by atoms with E-state index >= 15 is 0 Å². The van der Waals surface area contributed by atoms with E-state index in [9.17, 15) is 0 Å². The maximum Gasteiger partial charge on any atom is 0.105 e. The molecule has 1 saturated carbocycles. The lowest BCUT2D eigenvalue weighted by molar-refractivity contribution is -0.0104. The standard InChI is InChI=1S/C13H24N2O/c1-11-6-4-5-7-12(11)16-9-8-13(2,10-14)15-3/h11-12,15H,4-9H2,1-3H3. The molecule has 1 fully saturated rings. The Labute approximate surface area is 99.2 Å². The average Bonchev–Trinajstić information content (AvgIpc) is 2.31. The molecule has 0 spiro atoms. The molecule has 0 aromatic carbocycles. The van der Waals surface area contributed by atoms with Crippen LogP contribution in [-0.2, 0) is 4.74 Å². The van der Waals surface area contributed by atoms with Crippen molar-refractivity contribution in [2.24, 2.45) is 5.92 Å². The number of hydrogen-bond acceptors (Lipinski definition) is 3. The van der Waals surface area contributed by atoms with E-state index in [0.717, 1.165) is 6.42 Å². The van der Waals surface area contributed by atoms with E-state index in [1.54, 1.807) is 0 Å². The Kier molecular flexibility index (Phi) is 5.24. The lowest BCUT2D eigenvalue weighted by Gasteiger charge is -2.30. The van der Waals surface area contributed by atoms with E-state index in [2.05, 4.69) is 18.3 Å². The summed E-state index contributed by atoms with van der Waals surface area (Å²) in [6, 6.07) is 2.29. The highest BCUT2D eigenvalue weighted by Gasteiger charge is 2.24. The minimum Gasteiger partial charge on any atom is -0.378 e. The normalized spacial score (nSPS) is 29.4. The van der Waals surface area contributed by atoms with Gasteiger partial charge in [-0.3, -0.25) is 0 Å². The zero-order valence-electron chi connectivity index (χ0n) is 10.8. The van der Waals surface area contributed by atoms with Crippen molar-refractivity contribution >= 4 is 0 Å². The van der Waals surface area contributed by atoms with Gasteiger partial charge < -0.3 is 10.1 Å². The molecule has 3 atom stereocenters. The van der Waals surface area contributed by atoms with Crippen molar-refractivity contribution in [3.63, 3.8) is 0 Å². The third-order valence-corrected chi connectivity index (χ3v) is 3.77. The molecule has 1 rings (SSSR count).